The van der Waals surface area contributed by atoms with E-state index in [0.717, 1.165) is 16.9 Å². The highest BCUT2D eigenvalue weighted by atomic mass is 16.2. The van der Waals surface area contributed by atoms with Gasteiger partial charge in [-0.15, -0.1) is 0 Å². The molecule has 1 heterocycles. The van der Waals surface area contributed by atoms with Crippen LogP contribution in [0, 0.1) is 26.7 Å². The Bertz CT molecular complexity index is 762. The maximum Gasteiger partial charge on any atom is 0.250 e. The summed E-state index contributed by atoms with van der Waals surface area (Å²) >= 11 is 0. The number of benzene rings is 2. The number of amides is 1. The molecule has 1 unspecified atom stereocenters. The molecule has 0 spiro atoms. The predicted octanol–water partition coefficient (Wildman–Crippen LogP) is 4.60. The van der Waals surface area contributed by atoms with Crippen LogP contribution in [0.5, 0.6) is 0 Å². The zero-order chi connectivity index (χ0) is 17.4. The second-order valence-corrected chi connectivity index (χ2v) is 7.23. The topological polar surface area (TPSA) is 32.3 Å². The fraction of sp³-hybridized carbons (Fsp3) is 0.381. The molecule has 0 saturated heterocycles. The summed E-state index contributed by atoms with van der Waals surface area (Å²) in [4.78, 5) is 15.0. The Morgan fingerprint density at radius 3 is 2.29 bits per heavy atom. The summed E-state index contributed by atoms with van der Waals surface area (Å²) < 4.78 is 0. The van der Waals surface area contributed by atoms with Crippen LogP contribution in [0.4, 0.5) is 11.4 Å². The quantitative estimate of drug-likeness (QED) is 0.896. The average Bonchev–Trinajstić information content (AvgIpc) is 2.53. The van der Waals surface area contributed by atoms with Gasteiger partial charge in [0, 0.05) is 0 Å². The molecule has 1 aliphatic heterocycles. The Morgan fingerprint density at radius 1 is 1.04 bits per heavy atom. The Kier molecular flexibility index (Phi) is 4.35. The van der Waals surface area contributed by atoms with Crippen LogP contribution in [-0.2, 0) is 11.3 Å². The van der Waals surface area contributed by atoms with Gasteiger partial charge in [-0.1, -0.05) is 43.7 Å². The Morgan fingerprint density at radius 2 is 1.67 bits per heavy atom. The van der Waals surface area contributed by atoms with E-state index in [1.807, 2.05) is 4.90 Å². The van der Waals surface area contributed by atoms with E-state index >= 15 is 0 Å². The van der Waals surface area contributed by atoms with Crippen molar-refractivity contribution in [1.82, 2.24) is 0 Å². The maximum atomic E-state index is 13.1. The second-order valence-electron chi connectivity index (χ2n) is 7.23. The Balaban J connectivity index is 2.03. The van der Waals surface area contributed by atoms with Gasteiger partial charge in [0.2, 0.25) is 5.91 Å². The standard InChI is InChI=1S/C21H26N2O/c1-13(2)20-21(24)23(12-17-8-6-14(3)7-9-17)19-11-16(5)15(4)10-18(19)22-20/h6-11,13,20,22H,12H2,1-5H3. The van der Waals surface area contributed by atoms with E-state index in [-0.39, 0.29) is 17.9 Å². The molecule has 1 atom stereocenters. The fourth-order valence-corrected chi connectivity index (χ4v) is 3.15. The zero-order valence-electron chi connectivity index (χ0n) is 15.2. The van der Waals surface area contributed by atoms with Gasteiger partial charge >= 0.3 is 0 Å². The molecule has 1 N–H and O–H groups in total. The van der Waals surface area contributed by atoms with Gasteiger partial charge in [0.05, 0.1) is 17.9 Å². The van der Waals surface area contributed by atoms with Gasteiger partial charge in [0.1, 0.15) is 6.04 Å². The summed E-state index contributed by atoms with van der Waals surface area (Å²) in [6.07, 6.45) is 0. The molecule has 2 aromatic rings. The first-order chi connectivity index (χ1) is 11.4. The molecule has 0 bridgehead atoms. The van der Waals surface area contributed by atoms with E-state index in [2.05, 4.69) is 76.3 Å². The number of hydrogen-bond acceptors (Lipinski definition) is 2. The number of rotatable bonds is 3. The lowest BCUT2D eigenvalue weighted by Gasteiger charge is -2.37. The van der Waals surface area contributed by atoms with Gasteiger partial charge in [-0.25, -0.2) is 0 Å². The summed E-state index contributed by atoms with van der Waals surface area (Å²) in [5, 5.41) is 3.45. The van der Waals surface area contributed by atoms with Crippen LogP contribution in [0.15, 0.2) is 36.4 Å². The third kappa shape index (κ3) is 3.03. The fourth-order valence-electron chi connectivity index (χ4n) is 3.15. The summed E-state index contributed by atoms with van der Waals surface area (Å²) in [6, 6.07) is 12.5. The molecular weight excluding hydrogens is 296 g/mol. The molecule has 3 heteroatoms. The largest absolute Gasteiger partial charge is 0.372 e. The van der Waals surface area contributed by atoms with Gasteiger partial charge in [0.15, 0.2) is 0 Å². The molecule has 24 heavy (non-hydrogen) atoms. The van der Waals surface area contributed by atoms with Gasteiger partial charge in [-0.3, -0.25) is 4.79 Å². The highest BCUT2D eigenvalue weighted by Gasteiger charge is 2.34. The first-order valence-corrected chi connectivity index (χ1v) is 8.61. The molecule has 1 amide bonds. The summed E-state index contributed by atoms with van der Waals surface area (Å²) in [6.45, 7) is 11.1. The van der Waals surface area contributed by atoms with Crippen molar-refractivity contribution >= 4 is 17.3 Å². The van der Waals surface area contributed by atoms with E-state index in [9.17, 15) is 4.79 Å². The lowest BCUT2D eigenvalue weighted by atomic mass is 9.96. The lowest BCUT2D eigenvalue weighted by Crippen LogP contribution is -2.49. The number of carbonyl (C=O) groups is 1. The molecule has 0 saturated carbocycles. The Labute approximate surface area is 144 Å². The van der Waals surface area contributed by atoms with Crippen molar-refractivity contribution < 1.29 is 4.79 Å². The van der Waals surface area contributed by atoms with E-state index in [1.54, 1.807) is 0 Å². The van der Waals surface area contributed by atoms with Crippen molar-refractivity contribution in [3.05, 3.63) is 58.7 Å². The lowest BCUT2D eigenvalue weighted by molar-refractivity contribution is -0.120. The van der Waals surface area contributed by atoms with Crippen molar-refractivity contribution in [2.75, 3.05) is 10.2 Å². The highest BCUT2D eigenvalue weighted by molar-refractivity contribution is 6.05. The molecular formula is C21H26N2O. The van der Waals surface area contributed by atoms with E-state index in [0.29, 0.717) is 6.54 Å². The molecule has 0 fully saturated rings. The van der Waals surface area contributed by atoms with Crippen molar-refractivity contribution in [3.63, 3.8) is 0 Å². The van der Waals surface area contributed by atoms with Crippen LogP contribution in [0.3, 0.4) is 0 Å². The first kappa shape index (κ1) is 16.6. The minimum atomic E-state index is -0.176. The van der Waals surface area contributed by atoms with Crippen molar-refractivity contribution in [2.45, 2.75) is 47.2 Å². The van der Waals surface area contributed by atoms with Gasteiger partial charge in [-0.05, 0) is 55.5 Å². The van der Waals surface area contributed by atoms with E-state index in [4.69, 9.17) is 0 Å². The monoisotopic (exact) mass is 322 g/mol. The van der Waals surface area contributed by atoms with Crippen LogP contribution in [0.1, 0.15) is 36.1 Å². The Hall–Kier alpha value is -2.29. The van der Waals surface area contributed by atoms with Crippen LogP contribution in [0.2, 0.25) is 0 Å². The summed E-state index contributed by atoms with van der Waals surface area (Å²) in [5.74, 6) is 0.397. The number of nitrogens with zero attached hydrogens (tertiary/aromatic N) is 1. The molecule has 126 valence electrons. The van der Waals surface area contributed by atoms with E-state index in [1.165, 1.54) is 16.7 Å². The van der Waals surface area contributed by atoms with Crippen molar-refractivity contribution in [2.24, 2.45) is 5.92 Å². The number of carbonyl (C=O) groups excluding carboxylic acids is 1. The van der Waals surface area contributed by atoms with Gasteiger partial charge < -0.3 is 10.2 Å². The SMILES string of the molecule is Cc1ccc(CN2C(=O)C(C(C)C)Nc3cc(C)c(C)cc32)cc1. The van der Waals surface area contributed by atoms with Crippen molar-refractivity contribution in [3.8, 4) is 0 Å². The number of anilines is 2. The van der Waals surface area contributed by atoms with E-state index < -0.39 is 0 Å². The first-order valence-electron chi connectivity index (χ1n) is 8.61. The number of fused-ring (bicyclic) bond motifs is 1. The molecule has 3 rings (SSSR count). The highest BCUT2D eigenvalue weighted by Crippen LogP contribution is 2.36. The molecule has 2 aromatic carbocycles. The average molecular weight is 322 g/mol. The van der Waals surface area contributed by atoms with Crippen LogP contribution in [-0.4, -0.2) is 11.9 Å². The number of aryl methyl sites for hydroxylation is 3. The molecule has 3 nitrogen and oxygen atoms in total. The normalized spacial score (nSPS) is 17.0. The summed E-state index contributed by atoms with van der Waals surface area (Å²) in [7, 11) is 0. The number of nitrogens with one attached hydrogen (secondary N) is 1. The minimum absolute atomic E-state index is 0.154. The summed E-state index contributed by atoms with van der Waals surface area (Å²) in [5.41, 5.74) is 6.89. The second kappa shape index (κ2) is 6.31. The van der Waals surface area contributed by atoms with Crippen LogP contribution < -0.4 is 10.2 Å². The van der Waals surface area contributed by atoms with Gasteiger partial charge in [-0.2, -0.15) is 0 Å². The smallest absolute Gasteiger partial charge is 0.250 e. The zero-order valence-corrected chi connectivity index (χ0v) is 15.2. The van der Waals surface area contributed by atoms with Crippen LogP contribution in [0.25, 0.3) is 0 Å². The van der Waals surface area contributed by atoms with Gasteiger partial charge in [0.25, 0.3) is 0 Å². The molecule has 0 aliphatic carbocycles. The molecule has 0 aromatic heterocycles. The third-order valence-electron chi connectivity index (χ3n) is 4.87. The molecule has 1 aliphatic rings. The van der Waals surface area contributed by atoms with Crippen molar-refractivity contribution in [1.29, 1.82) is 0 Å². The third-order valence-corrected chi connectivity index (χ3v) is 4.87. The van der Waals surface area contributed by atoms with Crippen LogP contribution >= 0.6 is 0 Å². The predicted molar refractivity (Wildman–Crippen MR) is 101 cm³/mol. The minimum Gasteiger partial charge on any atom is -0.372 e. The number of hydrogen-bond donors (Lipinski definition) is 1. The molecule has 0 radical (unpaired) electrons. The maximum absolute atomic E-state index is 13.1.